The van der Waals surface area contributed by atoms with Gasteiger partial charge >= 0.3 is 6.03 Å². The van der Waals surface area contributed by atoms with Gasteiger partial charge in [0, 0.05) is 31.7 Å². The fourth-order valence-corrected chi connectivity index (χ4v) is 3.31. The lowest BCUT2D eigenvalue weighted by Gasteiger charge is -2.32. The van der Waals surface area contributed by atoms with Crippen molar-refractivity contribution in [2.45, 2.75) is 18.9 Å². The van der Waals surface area contributed by atoms with E-state index in [0.717, 1.165) is 12.8 Å². The number of nitrogens with zero attached hydrogens (tertiary/aromatic N) is 1. The van der Waals surface area contributed by atoms with Gasteiger partial charge in [-0.05, 0) is 40.9 Å². The number of ether oxygens (including phenoxy) is 2. The summed E-state index contributed by atoms with van der Waals surface area (Å²) >= 11 is 3.40. The second-order valence-corrected chi connectivity index (χ2v) is 6.34. The number of rotatable bonds is 2. The van der Waals surface area contributed by atoms with Crippen LogP contribution in [0.4, 0.5) is 4.79 Å². The lowest BCUT2D eigenvalue weighted by Crippen LogP contribution is -2.48. The van der Waals surface area contributed by atoms with Gasteiger partial charge in [-0.1, -0.05) is 0 Å². The molecule has 7 nitrogen and oxygen atoms in total. The summed E-state index contributed by atoms with van der Waals surface area (Å²) < 4.78 is 11.4. The maximum absolute atomic E-state index is 12.6. The molecular formula is C15H18BrN3O4. The van der Waals surface area contributed by atoms with Crippen molar-refractivity contribution in [2.75, 3.05) is 26.9 Å². The lowest BCUT2D eigenvalue weighted by atomic mass is 10.0. The SMILES string of the molecule is CNC(=O)NC1CCN(C(=O)c2cc(Br)c3c(c2)OCO3)CC1. The highest BCUT2D eigenvalue weighted by molar-refractivity contribution is 9.10. The average molecular weight is 384 g/mol. The summed E-state index contributed by atoms with van der Waals surface area (Å²) in [7, 11) is 1.59. The van der Waals surface area contributed by atoms with Crippen molar-refractivity contribution in [3.8, 4) is 11.5 Å². The first-order chi connectivity index (χ1) is 11.1. The lowest BCUT2D eigenvalue weighted by molar-refractivity contribution is 0.0708. The molecular weight excluding hydrogens is 366 g/mol. The molecule has 0 aliphatic carbocycles. The van der Waals surface area contributed by atoms with Crippen LogP contribution in [0.15, 0.2) is 16.6 Å². The number of urea groups is 1. The average Bonchev–Trinajstić information content (AvgIpc) is 3.04. The first-order valence-electron chi connectivity index (χ1n) is 7.45. The summed E-state index contributed by atoms with van der Waals surface area (Å²) in [5, 5.41) is 5.42. The Hall–Kier alpha value is -1.96. The van der Waals surface area contributed by atoms with E-state index in [1.165, 1.54) is 0 Å². The highest BCUT2D eigenvalue weighted by Gasteiger charge is 2.27. The van der Waals surface area contributed by atoms with Crippen LogP contribution in [-0.2, 0) is 0 Å². The molecule has 8 heteroatoms. The number of amides is 3. The Kier molecular flexibility index (Phi) is 4.61. The van der Waals surface area contributed by atoms with Crippen LogP contribution < -0.4 is 20.1 Å². The van der Waals surface area contributed by atoms with E-state index in [4.69, 9.17) is 9.47 Å². The number of piperidine rings is 1. The summed E-state index contributed by atoms with van der Waals surface area (Å²) in [6.45, 7) is 1.39. The molecule has 0 radical (unpaired) electrons. The summed E-state index contributed by atoms with van der Waals surface area (Å²) in [4.78, 5) is 25.8. The van der Waals surface area contributed by atoms with Gasteiger partial charge in [0.2, 0.25) is 6.79 Å². The number of hydrogen-bond acceptors (Lipinski definition) is 4. The van der Waals surface area contributed by atoms with E-state index in [1.807, 2.05) is 0 Å². The van der Waals surface area contributed by atoms with Crippen LogP contribution in [0, 0.1) is 0 Å². The Morgan fingerprint density at radius 3 is 2.70 bits per heavy atom. The van der Waals surface area contributed by atoms with Crippen molar-refractivity contribution in [3.63, 3.8) is 0 Å². The van der Waals surface area contributed by atoms with E-state index in [2.05, 4.69) is 26.6 Å². The topological polar surface area (TPSA) is 79.9 Å². The van der Waals surface area contributed by atoms with Crippen LogP contribution in [0.2, 0.25) is 0 Å². The summed E-state index contributed by atoms with van der Waals surface area (Å²) in [6, 6.07) is 3.38. The fraction of sp³-hybridized carbons (Fsp3) is 0.467. The van der Waals surface area contributed by atoms with Gasteiger partial charge in [0.05, 0.1) is 4.47 Å². The molecule has 1 fully saturated rings. The minimum atomic E-state index is -0.186. The molecule has 2 N–H and O–H groups in total. The third-order valence-corrected chi connectivity index (χ3v) is 4.61. The third-order valence-electron chi connectivity index (χ3n) is 4.02. The minimum Gasteiger partial charge on any atom is -0.454 e. The molecule has 0 saturated carbocycles. The number of nitrogens with one attached hydrogen (secondary N) is 2. The van der Waals surface area contributed by atoms with Gasteiger partial charge in [-0.15, -0.1) is 0 Å². The number of halogens is 1. The van der Waals surface area contributed by atoms with Gasteiger partial charge in [0.1, 0.15) is 0 Å². The third kappa shape index (κ3) is 3.36. The highest BCUT2D eigenvalue weighted by atomic mass is 79.9. The number of hydrogen-bond donors (Lipinski definition) is 2. The molecule has 2 aliphatic heterocycles. The molecule has 3 rings (SSSR count). The summed E-state index contributed by atoms with van der Waals surface area (Å²) in [5.74, 6) is 1.18. The van der Waals surface area contributed by atoms with Crippen LogP contribution in [0.1, 0.15) is 23.2 Å². The normalized spacial score (nSPS) is 17.0. The molecule has 0 unspecified atom stereocenters. The molecule has 3 amide bonds. The molecule has 0 bridgehead atoms. The number of fused-ring (bicyclic) bond motifs is 1. The van der Waals surface area contributed by atoms with Crippen molar-refractivity contribution in [1.82, 2.24) is 15.5 Å². The predicted molar refractivity (Wildman–Crippen MR) is 86.8 cm³/mol. The minimum absolute atomic E-state index is 0.0395. The smallest absolute Gasteiger partial charge is 0.314 e. The molecule has 2 aliphatic rings. The molecule has 23 heavy (non-hydrogen) atoms. The summed E-state index contributed by atoms with van der Waals surface area (Å²) in [6.07, 6.45) is 1.48. The Bertz CT molecular complexity index is 629. The van der Waals surface area contributed by atoms with E-state index < -0.39 is 0 Å². The van der Waals surface area contributed by atoms with Crippen molar-refractivity contribution < 1.29 is 19.1 Å². The maximum Gasteiger partial charge on any atom is 0.314 e. The maximum atomic E-state index is 12.6. The van der Waals surface area contributed by atoms with E-state index in [9.17, 15) is 9.59 Å². The predicted octanol–water partition coefficient (Wildman–Crippen LogP) is 1.71. The first-order valence-corrected chi connectivity index (χ1v) is 8.24. The standard InChI is InChI=1S/C15H18BrN3O4/c1-17-15(21)18-10-2-4-19(5-3-10)14(20)9-6-11(16)13-12(7-9)22-8-23-13/h6-7,10H,2-5,8H2,1H3,(H2,17,18,21). The van der Waals surface area contributed by atoms with Gasteiger partial charge in [-0.2, -0.15) is 0 Å². The van der Waals surface area contributed by atoms with Gasteiger partial charge in [0.15, 0.2) is 11.5 Å². The van der Waals surface area contributed by atoms with Gasteiger partial charge < -0.3 is 25.0 Å². The van der Waals surface area contributed by atoms with Crippen molar-refractivity contribution >= 4 is 27.9 Å². The van der Waals surface area contributed by atoms with Crippen LogP contribution in [-0.4, -0.2) is 49.8 Å². The number of likely N-dealkylation sites (tertiary alicyclic amines) is 1. The van der Waals surface area contributed by atoms with E-state index in [1.54, 1.807) is 24.1 Å². The van der Waals surface area contributed by atoms with Gasteiger partial charge in [-0.25, -0.2) is 4.79 Å². The van der Waals surface area contributed by atoms with Crippen LogP contribution in [0.3, 0.4) is 0 Å². The molecule has 1 aromatic rings. The largest absolute Gasteiger partial charge is 0.454 e. The van der Waals surface area contributed by atoms with Crippen molar-refractivity contribution in [1.29, 1.82) is 0 Å². The fourth-order valence-electron chi connectivity index (χ4n) is 2.76. The van der Waals surface area contributed by atoms with Crippen molar-refractivity contribution in [3.05, 3.63) is 22.2 Å². The monoisotopic (exact) mass is 383 g/mol. The van der Waals surface area contributed by atoms with E-state index >= 15 is 0 Å². The molecule has 1 aromatic carbocycles. The Morgan fingerprint density at radius 2 is 2.00 bits per heavy atom. The first kappa shape index (κ1) is 15.9. The zero-order chi connectivity index (χ0) is 16.4. The highest BCUT2D eigenvalue weighted by Crippen LogP contribution is 2.40. The van der Waals surface area contributed by atoms with E-state index in [0.29, 0.717) is 34.6 Å². The molecule has 0 aromatic heterocycles. The second-order valence-electron chi connectivity index (χ2n) is 5.48. The van der Waals surface area contributed by atoms with Crippen LogP contribution in [0.5, 0.6) is 11.5 Å². The van der Waals surface area contributed by atoms with Gasteiger partial charge in [-0.3, -0.25) is 4.79 Å². The van der Waals surface area contributed by atoms with Crippen molar-refractivity contribution in [2.24, 2.45) is 0 Å². The summed E-state index contributed by atoms with van der Waals surface area (Å²) in [5.41, 5.74) is 0.568. The second kappa shape index (κ2) is 6.66. The molecule has 2 heterocycles. The number of carbonyl (C=O) groups excluding carboxylic acids is 2. The number of benzene rings is 1. The quantitative estimate of drug-likeness (QED) is 0.814. The Labute approximate surface area is 142 Å². The van der Waals surface area contributed by atoms with Crippen LogP contribution in [0.25, 0.3) is 0 Å². The molecule has 1 saturated heterocycles. The zero-order valence-electron chi connectivity index (χ0n) is 12.7. The van der Waals surface area contributed by atoms with E-state index in [-0.39, 0.29) is 24.8 Å². The molecule has 124 valence electrons. The number of carbonyl (C=O) groups is 2. The Balaban J connectivity index is 1.64. The van der Waals surface area contributed by atoms with Gasteiger partial charge in [0.25, 0.3) is 5.91 Å². The molecule has 0 spiro atoms. The Morgan fingerprint density at radius 1 is 1.26 bits per heavy atom. The zero-order valence-corrected chi connectivity index (χ0v) is 14.3. The van der Waals surface area contributed by atoms with Crippen LogP contribution >= 0.6 is 15.9 Å². The molecule has 0 atom stereocenters.